The normalized spacial score (nSPS) is 16.6. The van der Waals surface area contributed by atoms with E-state index in [4.69, 9.17) is 4.74 Å². The molecule has 1 aliphatic rings. The third-order valence-corrected chi connectivity index (χ3v) is 5.94. The van der Waals surface area contributed by atoms with Gasteiger partial charge in [-0.1, -0.05) is 13.8 Å². The van der Waals surface area contributed by atoms with Crippen LogP contribution in [0.1, 0.15) is 53.4 Å². The van der Waals surface area contributed by atoms with Gasteiger partial charge >= 0.3 is 5.97 Å². The fourth-order valence-corrected chi connectivity index (χ4v) is 4.76. The fourth-order valence-electron chi connectivity index (χ4n) is 3.60. The molecule has 1 atom stereocenters. The quantitative estimate of drug-likeness (QED) is 0.700. The summed E-state index contributed by atoms with van der Waals surface area (Å²) >= 11 is 1.34. The van der Waals surface area contributed by atoms with Gasteiger partial charge in [0.1, 0.15) is 0 Å². The summed E-state index contributed by atoms with van der Waals surface area (Å²) in [5.41, 5.74) is 2.13. The molecule has 2 aromatic rings. The first kappa shape index (κ1) is 22.1. The highest BCUT2D eigenvalue weighted by Crippen LogP contribution is 2.28. The number of esters is 1. The number of rotatable bonds is 6. The van der Waals surface area contributed by atoms with Crippen LogP contribution in [-0.4, -0.2) is 47.0 Å². The van der Waals surface area contributed by atoms with Gasteiger partial charge in [-0.25, -0.2) is 19.7 Å². The number of anilines is 2. The number of hydrogen-bond donors (Lipinski definition) is 1. The summed E-state index contributed by atoms with van der Waals surface area (Å²) in [4.78, 5) is 41.3. The minimum absolute atomic E-state index is 0.0923. The van der Waals surface area contributed by atoms with Crippen LogP contribution in [0.15, 0.2) is 6.07 Å². The van der Waals surface area contributed by atoms with E-state index in [1.54, 1.807) is 0 Å². The van der Waals surface area contributed by atoms with E-state index in [2.05, 4.69) is 39.0 Å². The summed E-state index contributed by atoms with van der Waals surface area (Å²) in [7, 11) is 1.34. The van der Waals surface area contributed by atoms with Gasteiger partial charge in [0.2, 0.25) is 11.9 Å². The molecule has 0 spiro atoms. The van der Waals surface area contributed by atoms with E-state index in [9.17, 15) is 9.59 Å². The lowest BCUT2D eigenvalue weighted by Gasteiger charge is -2.32. The lowest BCUT2D eigenvalue weighted by molar-refractivity contribution is -0.120. The van der Waals surface area contributed by atoms with Gasteiger partial charge in [-0.2, -0.15) is 0 Å². The monoisotopic (exact) mass is 431 g/mol. The Morgan fingerprint density at radius 3 is 2.60 bits per heavy atom. The van der Waals surface area contributed by atoms with E-state index in [-0.39, 0.29) is 11.8 Å². The standard InChI is InChI=1S/C21H29N5O3S/c1-12(2)9-16-17(19(28)29-5)24-21(30-16)25-18(27)15-7-6-8-26(11-15)20-22-13(3)10-14(4)23-20/h10,12,15H,6-9,11H2,1-5H3,(H,24,25,27)/t15-/m1/s1. The summed E-state index contributed by atoms with van der Waals surface area (Å²) in [6.07, 6.45) is 2.39. The number of aryl methyl sites for hydroxylation is 2. The van der Waals surface area contributed by atoms with E-state index in [1.165, 1.54) is 18.4 Å². The number of piperidine rings is 1. The fraction of sp³-hybridized carbons (Fsp3) is 0.571. The molecule has 1 fully saturated rings. The van der Waals surface area contributed by atoms with Crippen LogP contribution < -0.4 is 10.2 Å². The highest BCUT2D eigenvalue weighted by Gasteiger charge is 2.29. The number of ether oxygens (including phenoxy) is 1. The first-order valence-electron chi connectivity index (χ1n) is 10.2. The maximum Gasteiger partial charge on any atom is 0.357 e. The van der Waals surface area contributed by atoms with Gasteiger partial charge in [-0.15, -0.1) is 11.3 Å². The number of carbonyl (C=O) groups is 2. The summed E-state index contributed by atoms with van der Waals surface area (Å²) in [6.45, 7) is 9.43. The van der Waals surface area contributed by atoms with E-state index in [1.807, 2.05) is 19.9 Å². The molecule has 0 radical (unpaired) electrons. The molecular formula is C21H29N5O3S. The summed E-state index contributed by atoms with van der Waals surface area (Å²) in [6, 6.07) is 1.94. The third kappa shape index (κ3) is 5.33. The zero-order valence-corrected chi connectivity index (χ0v) is 19.0. The number of thiazole rings is 1. The second-order valence-corrected chi connectivity index (χ2v) is 9.19. The lowest BCUT2D eigenvalue weighted by Crippen LogP contribution is -2.41. The number of nitrogens with zero attached hydrogens (tertiary/aromatic N) is 4. The van der Waals surface area contributed by atoms with Gasteiger partial charge in [-0.3, -0.25) is 4.79 Å². The summed E-state index contributed by atoms with van der Waals surface area (Å²) in [5.74, 6) is 0.277. The lowest BCUT2D eigenvalue weighted by atomic mass is 9.97. The van der Waals surface area contributed by atoms with Crippen molar-refractivity contribution in [2.45, 2.75) is 47.0 Å². The smallest absolute Gasteiger partial charge is 0.357 e. The molecule has 0 aliphatic carbocycles. The Morgan fingerprint density at radius 1 is 1.27 bits per heavy atom. The number of nitrogens with one attached hydrogen (secondary N) is 1. The molecular weight excluding hydrogens is 402 g/mol. The van der Waals surface area contributed by atoms with Gasteiger partial charge in [0.05, 0.1) is 13.0 Å². The molecule has 1 N–H and O–H groups in total. The first-order valence-corrected chi connectivity index (χ1v) is 11.0. The van der Waals surface area contributed by atoms with Gasteiger partial charge in [0.25, 0.3) is 0 Å². The van der Waals surface area contributed by atoms with Gasteiger partial charge < -0.3 is 15.0 Å². The van der Waals surface area contributed by atoms with Crippen LogP contribution in [0.2, 0.25) is 0 Å². The zero-order valence-electron chi connectivity index (χ0n) is 18.2. The van der Waals surface area contributed by atoms with E-state index < -0.39 is 5.97 Å². The molecule has 9 heteroatoms. The Morgan fingerprint density at radius 2 is 1.97 bits per heavy atom. The molecule has 0 saturated carbocycles. The van der Waals surface area contributed by atoms with Crippen LogP contribution in [0.3, 0.4) is 0 Å². The van der Waals surface area contributed by atoms with Crippen LogP contribution in [0.4, 0.5) is 11.1 Å². The average Bonchev–Trinajstić information content (AvgIpc) is 3.08. The molecule has 30 heavy (non-hydrogen) atoms. The van der Waals surface area contributed by atoms with Crippen molar-refractivity contribution >= 4 is 34.3 Å². The van der Waals surface area contributed by atoms with E-state index in [0.29, 0.717) is 35.7 Å². The number of methoxy groups -OCH3 is 1. The van der Waals surface area contributed by atoms with Crippen molar-refractivity contribution in [1.29, 1.82) is 0 Å². The topological polar surface area (TPSA) is 97.3 Å². The summed E-state index contributed by atoms with van der Waals surface area (Å²) in [5, 5.41) is 3.35. The maximum absolute atomic E-state index is 12.9. The molecule has 0 bridgehead atoms. The van der Waals surface area contributed by atoms with Crippen LogP contribution in [0, 0.1) is 25.7 Å². The van der Waals surface area contributed by atoms with E-state index >= 15 is 0 Å². The molecule has 1 amide bonds. The van der Waals surface area contributed by atoms with Gasteiger partial charge in [0, 0.05) is 29.4 Å². The molecule has 1 aliphatic heterocycles. The van der Waals surface area contributed by atoms with Crippen LogP contribution in [0.25, 0.3) is 0 Å². The van der Waals surface area contributed by atoms with Gasteiger partial charge in [-0.05, 0) is 45.1 Å². The third-order valence-electron chi connectivity index (χ3n) is 4.95. The van der Waals surface area contributed by atoms with Crippen LogP contribution in [0.5, 0.6) is 0 Å². The number of amides is 1. The largest absolute Gasteiger partial charge is 0.464 e. The van der Waals surface area contributed by atoms with Crippen molar-refractivity contribution in [2.75, 3.05) is 30.4 Å². The zero-order chi connectivity index (χ0) is 21.8. The highest BCUT2D eigenvalue weighted by atomic mass is 32.1. The molecule has 0 aromatic carbocycles. The second-order valence-electron chi connectivity index (χ2n) is 8.11. The molecule has 2 aromatic heterocycles. The minimum Gasteiger partial charge on any atom is -0.464 e. The molecule has 162 valence electrons. The number of aromatic nitrogens is 3. The number of hydrogen-bond acceptors (Lipinski definition) is 8. The maximum atomic E-state index is 12.9. The van der Waals surface area contributed by atoms with Crippen molar-refractivity contribution in [3.8, 4) is 0 Å². The molecule has 3 rings (SSSR count). The first-order chi connectivity index (χ1) is 14.3. The SMILES string of the molecule is COC(=O)c1nc(NC(=O)[C@@H]2CCCN(c3nc(C)cc(C)n3)C2)sc1CC(C)C. The predicted octanol–water partition coefficient (Wildman–Crippen LogP) is 3.39. The number of carbonyl (C=O) groups excluding carboxylic acids is 2. The van der Waals surface area contributed by atoms with Crippen LogP contribution in [-0.2, 0) is 16.0 Å². The van der Waals surface area contributed by atoms with Crippen molar-refractivity contribution in [3.05, 3.63) is 28.0 Å². The van der Waals surface area contributed by atoms with Crippen molar-refractivity contribution < 1.29 is 14.3 Å². The Bertz CT molecular complexity index is 907. The predicted molar refractivity (Wildman–Crippen MR) is 117 cm³/mol. The summed E-state index contributed by atoms with van der Waals surface area (Å²) < 4.78 is 4.85. The Kier molecular flexibility index (Phi) is 7.02. The van der Waals surface area contributed by atoms with Gasteiger partial charge in [0.15, 0.2) is 10.8 Å². The highest BCUT2D eigenvalue weighted by molar-refractivity contribution is 7.16. The Hall–Kier alpha value is -2.55. The molecule has 8 nitrogen and oxygen atoms in total. The second kappa shape index (κ2) is 9.51. The van der Waals surface area contributed by atoms with Crippen molar-refractivity contribution in [2.24, 2.45) is 11.8 Å². The minimum atomic E-state index is -0.474. The van der Waals surface area contributed by atoms with E-state index in [0.717, 1.165) is 35.7 Å². The van der Waals surface area contributed by atoms with Crippen molar-refractivity contribution in [1.82, 2.24) is 15.0 Å². The Balaban J connectivity index is 1.72. The molecule has 0 unspecified atom stereocenters. The molecule has 3 heterocycles. The Labute approximate surface area is 181 Å². The molecule has 1 saturated heterocycles. The van der Waals surface area contributed by atoms with Crippen molar-refractivity contribution in [3.63, 3.8) is 0 Å². The average molecular weight is 432 g/mol. The van der Waals surface area contributed by atoms with Crippen LogP contribution >= 0.6 is 11.3 Å².